The van der Waals surface area contributed by atoms with Crippen LogP contribution in [0.25, 0.3) is 0 Å². The fourth-order valence-electron chi connectivity index (χ4n) is 2.14. The number of amides is 1. The van der Waals surface area contributed by atoms with E-state index in [0.29, 0.717) is 0 Å². The van der Waals surface area contributed by atoms with Crippen LogP contribution in [0.5, 0.6) is 0 Å². The van der Waals surface area contributed by atoms with Gasteiger partial charge in [-0.25, -0.2) is 0 Å². The monoisotopic (exact) mass is 219 g/mol. The van der Waals surface area contributed by atoms with Crippen LogP contribution >= 0.6 is 0 Å². The predicted molar refractivity (Wildman–Crippen MR) is 63.7 cm³/mol. The van der Waals surface area contributed by atoms with Crippen LogP contribution < -0.4 is 5.32 Å². The molecule has 0 aromatic carbocycles. The first kappa shape index (κ1) is 11.9. The molecule has 0 aromatic rings. The Bertz CT molecular complexity index is 218. The summed E-state index contributed by atoms with van der Waals surface area (Å²) in [4.78, 5) is 14.0. The Morgan fingerprint density at radius 1 is 1.19 bits per heavy atom. The average Bonchev–Trinajstić information content (AvgIpc) is 2.84. The number of carbonyl (C=O) groups excluding carboxylic acids is 1. The Kier molecular flexibility index (Phi) is 4.64. The van der Waals surface area contributed by atoms with Crippen LogP contribution in [0.4, 0.5) is 0 Å². The number of piperidine rings is 1. The van der Waals surface area contributed by atoms with Gasteiger partial charge in [-0.2, -0.15) is 0 Å². The fraction of sp³-hybridized carbons (Fsp3) is 0.538. The number of likely N-dealkylation sites (tertiary alicyclic amines) is 1. The van der Waals surface area contributed by atoms with Gasteiger partial charge in [0.2, 0.25) is 5.91 Å². The van der Waals surface area contributed by atoms with Crippen LogP contribution in [0.1, 0.15) is 19.3 Å². The molecule has 16 heavy (non-hydrogen) atoms. The van der Waals surface area contributed by atoms with Crippen molar-refractivity contribution >= 4 is 5.91 Å². The minimum atomic E-state index is 0.0435. The largest absolute Gasteiger partial charge is 0.354 e. The van der Waals surface area contributed by atoms with Gasteiger partial charge >= 0.3 is 0 Å². The highest BCUT2D eigenvalue weighted by Gasteiger charge is 2.24. The molecule has 0 atom stereocenters. The van der Waals surface area contributed by atoms with Gasteiger partial charge in [0.05, 0.1) is 5.92 Å². The number of nitrogens with zero attached hydrogens (tertiary/aromatic N) is 1. The quantitative estimate of drug-likeness (QED) is 0.765. The summed E-state index contributed by atoms with van der Waals surface area (Å²) in [7, 11) is 0. The second kappa shape index (κ2) is 6.24. The lowest BCUT2D eigenvalue weighted by Crippen LogP contribution is -2.39. The van der Waals surface area contributed by atoms with Gasteiger partial charge in [0.15, 0.2) is 0 Å². The SMILES string of the molecule is O=C(NCCN1CCCCC1)[C]1[CH][CH][CH][CH]1. The Hall–Kier alpha value is -0.570. The predicted octanol–water partition coefficient (Wildman–Crippen LogP) is 0.994. The van der Waals surface area contributed by atoms with Crippen molar-refractivity contribution in [2.75, 3.05) is 26.2 Å². The molecule has 2 aliphatic rings. The topological polar surface area (TPSA) is 32.3 Å². The highest BCUT2D eigenvalue weighted by molar-refractivity contribution is 5.95. The summed E-state index contributed by atoms with van der Waals surface area (Å²) >= 11 is 0. The van der Waals surface area contributed by atoms with Crippen LogP contribution in [0.2, 0.25) is 0 Å². The molecule has 0 bridgehead atoms. The number of carbonyl (C=O) groups is 1. The lowest BCUT2D eigenvalue weighted by molar-refractivity contribution is -0.118. The Balaban J connectivity index is 1.57. The zero-order valence-corrected chi connectivity index (χ0v) is 9.61. The molecule has 1 saturated carbocycles. The zero-order valence-electron chi connectivity index (χ0n) is 9.61. The lowest BCUT2D eigenvalue weighted by atomic mass is 10.1. The van der Waals surface area contributed by atoms with Crippen LogP contribution in [-0.2, 0) is 4.79 Å². The third-order valence-electron chi connectivity index (χ3n) is 3.09. The number of hydrogen-bond donors (Lipinski definition) is 1. The van der Waals surface area contributed by atoms with E-state index in [1.807, 2.05) is 25.7 Å². The molecule has 2 rings (SSSR count). The van der Waals surface area contributed by atoms with Crippen LogP contribution in [0, 0.1) is 31.6 Å². The minimum absolute atomic E-state index is 0.0435. The zero-order chi connectivity index (χ0) is 11.2. The van der Waals surface area contributed by atoms with E-state index in [1.165, 1.54) is 32.4 Å². The molecule has 87 valence electrons. The highest BCUT2D eigenvalue weighted by Crippen LogP contribution is 2.22. The third kappa shape index (κ3) is 3.48. The van der Waals surface area contributed by atoms with Gasteiger partial charge in [-0.05, 0) is 51.6 Å². The van der Waals surface area contributed by atoms with Gasteiger partial charge in [0.1, 0.15) is 0 Å². The second-order valence-corrected chi connectivity index (χ2v) is 4.33. The maximum absolute atomic E-state index is 11.6. The van der Waals surface area contributed by atoms with E-state index < -0.39 is 0 Å². The Morgan fingerprint density at radius 2 is 1.88 bits per heavy atom. The van der Waals surface area contributed by atoms with Gasteiger partial charge in [-0.1, -0.05) is 6.42 Å². The summed E-state index contributed by atoms with van der Waals surface area (Å²) in [6.07, 6.45) is 11.4. The molecule has 5 radical (unpaired) electrons. The number of rotatable bonds is 4. The molecule has 1 aliphatic heterocycles. The molecular formula is C13H19N2O. The molecular weight excluding hydrogens is 200 g/mol. The minimum Gasteiger partial charge on any atom is -0.354 e. The molecule has 0 spiro atoms. The molecule has 3 heteroatoms. The molecule has 2 fully saturated rings. The van der Waals surface area contributed by atoms with Crippen molar-refractivity contribution in [3.05, 3.63) is 31.6 Å². The first-order valence-electron chi connectivity index (χ1n) is 6.08. The van der Waals surface area contributed by atoms with E-state index in [1.54, 1.807) is 0 Å². The lowest BCUT2D eigenvalue weighted by Gasteiger charge is -2.26. The van der Waals surface area contributed by atoms with E-state index in [-0.39, 0.29) is 5.91 Å². The van der Waals surface area contributed by atoms with Gasteiger partial charge in [-0.3, -0.25) is 4.79 Å². The van der Waals surface area contributed by atoms with Crippen molar-refractivity contribution in [2.24, 2.45) is 0 Å². The van der Waals surface area contributed by atoms with Crippen LogP contribution in [0.3, 0.4) is 0 Å². The van der Waals surface area contributed by atoms with E-state index in [0.717, 1.165) is 19.0 Å². The number of nitrogens with one attached hydrogen (secondary N) is 1. The summed E-state index contributed by atoms with van der Waals surface area (Å²) in [6, 6.07) is 0. The smallest absolute Gasteiger partial charge is 0.227 e. The van der Waals surface area contributed by atoms with Gasteiger partial charge in [0, 0.05) is 13.1 Å². The first-order chi connectivity index (χ1) is 7.86. The summed E-state index contributed by atoms with van der Waals surface area (Å²) in [5.74, 6) is 0.806. The summed E-state index contributed by atoms with van der Waals surface area (Å²) in [6.45, 7) is 4.11. The van der Waals surface area contributed by atoms with Gasteiger partial charge in [0.25, 0.3) is 0 Å². The summed E-state index contributed by atoms with van der Waals surface area (Å²) < 4.78 is 0. The molecule has 1 N–H and O–H groups in total. The molecule has 1 saturated heterocycles. The summed E-state index contributed by atoms with van der Waals surface area (Å²) in [5.41, 5.74) is 0. The molecule has 3 nitrogen and oxygen atoms in total. The van der Waals surface area contributed by atoms with E-state index in [4.69, 9.17) is 0 Å². The highest BCUT2D eigenvalue weighted by atomic mass is 16.1. The van der Waals surface area contributed by atoms with Crippen molar-refractivity contribution in [3.63, 3.8) is 0 Å². The number of hydrogen-bond acceptors (Lipinski definition) is 2. The third-order valence-corrected chi connectivity index (χ3v) is 3.09. The van der Waals surface area contributed by atoms with Crippen molar-refractivity contribution in [3.8, 4) is 0 Å². The maximum atomic E-state index is 11.6. The fourth-order valence-corrected chi connectivity index (χ4v) is 2.14. The van der Waals surface area contributed by atoms with Gasteiger partial charge < -0.3 is 10.2 Å². The molecule has 1 heterocycles. The van der Waals surface area contributed by atoms with Crippen molar-refractivity contribution < 1.29 is 4.79 Å². The molecule has 1 aliphatic carbocycles. The van der Waals surface area contributed by atoms with E-state index in [9.17, 15) is 4.79 Å². The van der Waals surface area contributed by atoms with Crippen molar-refractivity contribution in [2.45, 2.75) is 19.3 Å². The van der Waals surface area contributed by atoms with Crippen molar-refractivity contribution in [1.82, 2.24) is 10.2 Å². The molecule has 0 unspecified atom stereocenters. The van der Waals surface area contributed by atoms with Gasteiger partial charge in [-0.15, -0.1) is 0 Å². The van der Waals surface area contributed by atoms with Crippen LogP contribution in [0.15, 0.2) is 0 Å². The molecule has 0 aromatic heterocycles. The first-order valence-corrected chi connectivity index (χ1v) is 6.08. The van der Waals surface area contributed by atoms with Crippen LogP contribution in [-0.4, -0.2) is 37.0 Å². The molecule has 1 amide bonds. The second-order valence-electron chi connectivity index (χ2n) is 4.33. The average molecular weight is 219 g/mol. The maximum Gasteiger partial charge on any atom is 0.227 e. The summed E-state index contributed by atoms with van der Waals surface area (Å²) in [5, 5.41) is 2.95. The normalized spacial score (nSPS) is 23.5. The Morgan fingerprint density at radius 3 is 2.56 bits per heavy atom. The van der Waals surface area contributed by atoms with Crippen molar-refractivity contribution in [1.29, 1.82) is 0 Å². The Labute approximate surface area is 98.6 Å². The van der Waals surface area contributed by atoms with E-state index in [2.05, 4.69) is 10.2 Å². The van der Waals surface area contributed by atoms with E-state index >= 15 is 0 Å². The standard InChI is InChI=1S/C13H19N2O/c16-13(12-6-2-3-7-12)14-8-11-15-9-4-1-5-10-15/h2-3,6-7H,1,4-5,8-11H2,(H,14,16).